The van der Waals surface area contributed by atoms with Gasteiger partial charge in [0, 0.05) is 28.4 Å². The second kappa shape index (κ2) is 9.19. The van der Waals surface area contributed by atoms with Gasteiger partial charge in [0.25, 0.3) is 0 Å². The van der Waals surface area contributed by atoms with Crippen LogP contribution in [-0.2, 0) is 9.53 Å². The van der Waals surface area contributed by atoms with E-state index in [1.807, 2.05) is 12.1 Å². The Labute approximate surface area is 191 Å². The maximum Gasteiger partial charge on any atom is 0.245 e. The zero-order valence-corrected chi connectivity index (χ0v) is 18.0. The Bertz CT molecular complexity index is 1260. The molecule has 0 bridgehead atoms. The summed E-state index contributed by atoms with van der Waals surface area (Å²) in [6.45, 7) is 0. The summed E-state index contributed by atoms with van der Waals surface area (Å²) in [5.74, 6) is -0.190. The zero-order chi connectivity index (χ0) is 23.4. The summed E-state index contributed by atoms with van der Waals surface area (Å²) >= 11 is 0. The highest BCUT2D eigenvalue weighted by Gasteiger charge is 2.29. The number of hydrogen-bond acceptors (Lipinski definition) is 8. The number of Topliss-reactive ketones (excluding diaryl/α,β-unsaturated/α-hetero) is 1. The van der Waals surface area contributed by atoms with Crippen molar-refractivity contribution in [1.29, 1.82) is 0 Å². The van der Waals surface area contributed by atoms with Crippen molar-refractivity contribution in [1.82, 2.24) is 0 Å². The maximum absolute atomic E-state index is 13.3. The van der Waals surface area contributed by atoms with E-state index in [1.54, 1.807) is 66.7 Å². The first-order chi connectivity index (χ1) is 15.9. The number of nitrogen functional groups attached to an aromatic ring is 3. The minimum absolute atomic E-state index is 0.126. The van der Waals surface area contributed by atoms with Crippen LogP contribution in [0.3, 0.4) is 0 Å². The molecular formula is C25H24N6O2. The van der Waals surface area contributed by atoms with Crippen molar-refractivity contribution in [2.75, 3.05) is 34.9 Å². The number of hydrogen-bond donors (Lipinski definition) is 5. The molecular weight excluding hydrogens is 416 g/mol. The fourth-order valence-electron chi connectivity index (χ4n) is 3.24. The fraction of sp³-hybridized carbons (Fsp3) is 0.0400. The number of carbonyl (C=O) groups is 1. The van der Waals surface area contributed by atoms with E-state index in [4.69, 9.17) is 26.9 Å². The molecule has 0 spiro atoms. The van der Waals surface area contributed by atoms with Gasteiger partial charge in [-0.1, -0.05) is 0 Å². The van der Waals surface area contributed by atoms with Crippen LogP contribution in [0.25, 0.3) is 0 Å². The van der Waals surface area contributed by atoms with Crippen molar-refractivity contribution < 1.29 is 9.53 Å². The average molecular weight is 441 g/mol. The number of methoxy groups -OCH3 is 1. The van der Waals surface area contributed by atoms with Crippen LogP contribution in [0.5, 0.6) is 0 Å². The number of benzene rings is 3. The second-order valence-corrected chi connectivity index (χ2v) is 7.38. The van der Waals surface area contributed by atoms with Gasteiger partial charge in [-0.2, -0.15) is 0 Å². The van der Waals surface area contributed by atoms with Gasteiger partial charge >= 0.3 is 0 Å². The van der Waals surface area contributed by atoms with Crippen LogP contribution in [0.4, 0.5) is 34.1 Å². The normalized spacial score (nSPS) is 14.8. The lowest BCUT2D eigenvalue weighted by Gasteiger charge is -2.22. The molecule has 1 aliphatic rings. The summed E-state index contributed by atoms with van der Waals surface area (Å²) in [6.07, 6.45) is 1.68. The van der Waals surface area contributed by atoms with Gasteiger partial charge in [0.05, 0.1) is 24.2 Å². The number of carbonyl (C=O) groups excluding carboxylic acids is 1. The standard InChI is InChI=1S/C25H24N6O2/c1-33-25-23(31-20-12-6-17(28)7-13-20)21(29-18-8-2-15(26)3-9-18)14-22(24(25)32)30-19-10-4-16(27)5-11-19/h2-14,30-31H,26-28H2,1H3/b29-21-. The molecule has 0 atom stereocenters. The summed E-state index contributed by atoms with van der Waals surface area (Å²) in [4.78, 5) is 18.0. The Balaban J connectivity index is 1.77. The van der Waals surface area contributed by atoms with Crippen molar-refractivity contribution in [2.45, 2.75) is 0 Å². The third kappa shape index (κ3) is 4.96. The molecule has 4 rings (SSSR count). The van der Waals surface area contributed by atoms with E-state index in [1.165, 1.54) is 7.11 Å². The molecule has 33 heavy (non-hydrogen) atoms. The van der Waals surface area contributed by atoms with Crippen molar-refractivity contribution in [3.63, 3.8) is 0 Å². The summed E-state index contributed by atoms with van der Waals surface area (Å²) in [7, 11) is 1.45. The van der Waals surface area contributed by atoms with E-state index in [0.29, 0.717) is 45.5 Å². The molecule has 0 aromatic heterocycles. The number of anilines is 5. The number of rotatable bonds is 6. The number of ketones is 1. The van der Waals surface area contributed by atoms with E-state index >= 15 is 0 Å². The molecule has 8 N–H and O–H groups in total. The smallest absolute Gasteiger partial charge is 0.245 e. The van der Waals surface area contributed by atoms with Crippen LogP contribution in [0.1, 0.15) is 0 Å². The highest BCUT2D eigenvalue weighted by Crippen LogP contribution is 2.27. The first-order valence-electron chi connectivity index (χ1n) is 10.2. The molecule has 166 valence electrons. The molecule has 0 saturated carbocycles. The molecule has 0 aliphatic heterocycles. The van der Waals surface area contributed by atoms with Gasteiger partial charge in [-0.15, -0.1) is 0 Å². The van der Waals surface area contributed by atoms with E-state index in [2.05, 4.69) is 10.6 Å². The largest absolute Gasteiger partial charge is 0.491 e. The third-order valence-corrected chi connectivity index (χ3v) is 4.93. The SMILES string of the molecule is COC1=C(Nc2ccc(N)cc2)/C(=N\c2ccc(N)cc2)C=C(Nc2ccc(N)cc2)C1=O. The quantitative estimate of drug-likeness (QED) is 0.287. The van der Waals surface area contributed by atoms with Gasteiger partial charge in [-0.3, -0.25) is 4.79 Å². The van der Waals surface area contributed by atoms with Crippen LogP contribution in [-0.4, -0.2) is 18.6 Å². The van der Waals surface area contributed by atoms with Crippen LogP contribution in [0.2, 0.25) is 0 Å². The molecule has 0 saturated heterocycles. The number of aliphatic imine (C=N–C) groups is 1. The third-order valence-electron chi connectivity index (χ3n) is 4.93. The Morgan fingerprint density at radius 3 is 1.73 bits per heavy atom. The minimum Gasteiger partial charge on any atom is -0.491 e. The summed E-state index contributed by atoms with van der Waals surface area (Å²) in [5, 5.41) is 6.38. The molecule has 0 unspecified atom stereocenters. The highest BCUT2D eigenvalue weighted by atomic mass is 16.5. The Kier molecular flexibility index (Phi) is 5.99. The van der Waals surface area contributed by atoms with E-state index in [0.717, 1.165) is 5.69 Å². The van der Waals surface area contributed by atoms with E-state index in [9.17, 15) is 4.79 Å². The molecule has 8 nitrogen and oxygen atoms in total. The van der Waals surface area contributed by atoms with Crippen molar-refractivity contribution in [2.24, 2.45) is 4.99 Å². The molecule has 1 aliphatic carbocycles. The number of ether oxygens (including phenoxy) is 1. The number of nitrogens with two attached hydrogens (primary N) is 3. The lowest BCUT2D eigenvalue weighted by molar-refractivity contribution is -0.115. The monoisotopic (exact) mass is 440 g/mol. The van der Waals surface area contributed by atoms with Crippen LogP contribution in [0, 0.1) is 0 Å². The van der Waals surface area contributed by atoms with Gasteiger partial charge < -0.3 is 32.6 Å². The maximum atomic E-state index is 13.3. The van der Waals surface area contributed by atoms with Crippen molar-refractivity contribution >= 4 is 45.6 Å². The first kappa shape index (κ1) is 21.5. The summed E-state index contributed by atoms with van der Waals surface area (Å²) < 4.78 is 5.53. The topological polar surface area (TPSA) is 141 Å². The lowest BCUT2D eigenvalue weighted by Crippen LogP contribution is -2.27. The zero-order valence-electron chi connectivity index (χ0n) is 18.0. The highest BCUT2D eigenvalue weighted by molar-refractivity contribution is 6.26. The average Bonchev–Trinajstić information content (AvgIpc) is 2.81. The van der Waals surface area contributed by atoms with Gasteiger partial charge in [-0.05, 0) is 78.9 Å². The Morgan fingerprint density at radius 2 is 1.21 bits per heavy atom. The van der Waals surface area contributed by atoms with Gasteiger partial charge in [-0.25, -0.2) is 4.99 Å². The number of nitrogens with one attached hydrogen (secondary N) is 2. The Hall–Kier alpha value is -4.72. The fourth-order valence-corrected chi connectivity index (χ4v) is 3.24. The molecule has 0 amide bonds. The van der Waals surface area contributed by atoms with Crippen LogP contribution < -0.4 is 27.8 Å². The Morgan fingerprint density at radius 1 is 0.727 bits per heavy atom. The van der Waals surface area contributed by atoms with Gasteiger partial charge in [0.15, 0.2) is 5.76 Å². The van der Waals surface area contributed by atoms with Crippen LogP contribution >= 0.6 is 0 Å². The van der Waals surface area contributed by atoms with Gasteiger partial charge in [0.2, 0.25) is 5.78 Å². The molecule has 8 heteroatoms. The molecule has 3 aromatic carbocycles. The predicted octanol–water partition coefficient (Wildman–Crippen LogP) is 4.05. The van der Waals surface area contributed by atoms with Crippen LogP contribution in [0.15, 0.2) is 101 Å². The van der Waals surface area contributed by atoms with Crippen molar-refractivity contribution in [3.05, 3.63) is 96.0 Å². The second-order valence-electron chi connectivity index (χ2n) is 7.38. The molecule has 0 radical (unpaired) electrons. The predicted molar refractivity (Wildman–Crippen MR) is 134 cm³/mol. The first-order valence-corrected chi connectivity index (χ1v) is 10.2. The summed E-state index contributed by atoms with van der Waals surface area (Å²) in [5.41, 5.74) is 22.6. The molecule has 3 aromatic rings. The minimum atomic E-state index is -0.316. The van der Waals surface area contributed by atoms with Gasteiger partial charge in [0.1, 0.15) is 5.70 Å². The van der Waals surface area contributed by atoms with E-state index < -0.39 is 0 Å². The lowest BCUT2D eigenvalue weighted by atomic mass is 10.0. The molecule has 0 fully saturated rings. The van der Waals surface area contributed by atoms with Crippen molar-refractivity contribution in [3.8, 4) is 0 Å². The molecule has 0 heterocycles. The van der Waals surface area contributed by atoms with E-state index in [-0.39, 0.29) is 11.5 Å². The number of nitrogens with zero attached hydrogens (tertiary/aromatic N) is 1. The number of allylic oxidation sites excluding steroid dienone is 1. The summed E-state index contributed by atoms with van der Waals surface area (Å²) in [6, 6.07) is 21.4.